The highest BCUT2D eigenvalue weighted by Gasteiger charge is 2.15. The maximum Gasteiger partial charge on any atom is 0.220 e. The summed E-state index contributed by atoms with van der Waals surface area (Å²) < 4.78 is 0.781. The van der Waals surface area contributed by atoms with E-state index >= 15 is 0 Å². The molecule has 0 bridgehead atoms. The summed E-state index contributed by atoms with van der Waals surface area (Å²) in [5.41, 5.74) is 0. The van der Waals surface area contributed by atoms with Gasteiger partial charge in [0.2, 0.25) is 11.8 Å². The van der Waals surface area contributed by atoms with Crippen molar-refractivity contribution in [1.29, 1.82) is 0 Å². The number of nitrogens with one attached hydrogen (secondary N) is 2. The number of hydrogen-bond acceptors (Lipinski definition) is 2. The summed E-state index contributed by atoms with van der Waals surface area (Å²) in [5, 5.41) is 6.02. The van der Waals surface area contributed by atoms with Gasteiger partial charge < -0.3 is 15.1 Å². The van der Waals surface area contributed by atoms with Gasteiger partial charge in [0.1, 0.15) is 0 Å². The zero-order valence-electron chi connectivity index (χ0n) is 18.1. The Labute approximate surface area is 166 Å². The SMILES string of the molecule is C/C=C/CCCCC(=O)NCC[N+](C)(C)CCNC(=O)CCCC/C=C/C. The van der Waals surface area contributed by atoms with Crippen molar-refractivity contribution in [3.8, 4) is 0 Å². The van der Waals surface area contributed by atoms with E-state index in [-0.39, 0.29) is 11.8 Å². The van der Waals surface area contributed by atoms with Crippen LogP contribution in [-0.4, -0.2) is 56.6 Å². The van der Waals surface area contributed by atoms with Crippen molar-refractivity contribution in [3.63, 3.8) is 0 Å². The van der Waals surface area contributed by atoms with Gasteiger partial charge >= 0.3 is 0 Å². The lowest BCUT2D eigenvalue weighted by Gasteiger charge is -2.30. The van der Waals surface area contributed by atoms with E-state index in [4.69, 9.17) is 0 Å². The minimum absolute atomic E-state index is 0.140. The molecule has 0 aliphatic rings. The summed E-state index contributed by atoms with van der Waals surface area (Å²) in [5.74, 6) is 0.281. The van der Waals surface area contributed by atoms with Crippen molar-refractivity contribution < 1.29 is 14.1 Å². The molecule has 156 valence electrons. The first-order valence-electron chi connectivity index (χ1n) is 10.5. The van der Waals surface area contributed by atoms with Crippen LogP contribution in [-0.2, 0) is 9.59 Å². The van der Waals surface area contributed by atoms with Crippen LogP contribution in [0.3, 0.4) is 0 Å². The van der Waals surface area contributed by atoms with Gasteiger partial charge in [0.15, 0.2) is 0 Å². The lowest BCUT2D eigenvalue weighted by molar-refractivity contribution is -0.887. The van der Waals surface area contributed by atoms with Gasteiger partial charge in [-0.05, 0) is 52.4 Å². The van der Waals surface area contributed by atoms with Crippen molar-refractivity contribution in [3.05, 3.63) is 24.3 Å². The Balaban J connectivity index is 3.72. The smallest absolute Gasteiger partial charge is 0.220 e. The molecule has 0 heterocycles. The number of allylic oxidation sites excluding steroid dienone is 4. The van der Waals surface area contributed by atoms with Gasteiger partial charge in [0, 0.05) is 12.8 Å². The summed E-state index contributed by atoms with van der Waals surface area (Å²) in [6.45, 7) is 7.13. The van der Waals surface area contributed by atoms with Gasteiger partial charge in [-0.15, -0.1) is 0 Å². The molecule has 0 spiro atoms. The number of quaternary nitrogens is 1. The summed E-state index contributed by atoms with van der Waals surface area (Å²) in [6, 6.07) is 0. The fourth-order valence-electron chi connectivity index (χ4n) is 2.71. The van der Waals surface area contributed by atoms with Crippen molar-refractivity contribution in [1.82, 2.24) is 10.6 Å². The largest absolute Gasteiger partial charge is 0.350 e. The number of carbonyl (C=O) groups excluding carboxylic acids is 2. The third-order valence-electron chi connectivity index (χ3n) is 4.60. The zero-order chi connectivity index (χ0) is 20.4. The Hall–Kier alpha value is -1.62. The van der Waals surface area contributed by atoms with Crippen LogP contribution >= 0.6 is 0 Å². The highest BCUT2D eigenvalue weighted by Crippen LogP contribution is 2.02. The molecule has 2 amide bonds. The minimum Gasteiger partial charge on any atom is -0.350 e. The highest BCUT2D eigenvalue weighted by molar-refractivity contribution is 5.76. The second-order valence-electron chi connectivity index (χ2n) is 7.71. The summed E-state index contributed by atoms with van der Waals surface area (Å²) >= 11 is 0. The van der Waals surface area contributed by atoms with E-state index in [0.29, 0.717) is 25.9 Å². The van der Waals surface area contributed by atoms with Crippen LogP contribution in [0.2, 0.25) is 0 Å². The molecule has 5 heteroatoms. The minimum atomic E-state index is 0.140. The number of amides is 2. The van der Waals surface area contributed by atoms with E-state index in [2.05, 4.69) is 36.9 Å². The number of unbranched alkanes of at least 4 members (excludes halogenated alkanes) is 4. The molecule has 0 aromatic rings. The summed E-state index contributed by atoms with van der Waals surface area (Å²) in [6.07, 6.45) is 15.7. The molecule has 27 heavy (non-hydrogen) atoms. The Morgan fingerprint density at radius 1 is 0.741 bits per heavy atom. The zero-order valence-corrected chi connectivity index (χ0v) is 18.1. The van der Waals surface area contributed by atoms with E-state index in [1.807, 2.05) is 26.0 Å². The summed E-state index contributed by atoms with van der Waals surface area (Å²) in [7, 11) is 4.26. The molecule has 2 N–H and O–H groups in total. The molecule has 5 nitrogen and oxygen atoms in total. The topological polar surface area (TPSA) is 58.2 Å². The Morgan fingerprint density at radius 2 is 1.15 bits per heavy atom. The number of likely N-dealkylation sites (N-methyl/N-ethyl adjacent to an activating group) is 1. The number of hydrogen-bond donors (Lipinski definition) is 2. The van der Waals surface area contributed by atoms with E-state index in [0.717, 1.165) is 56.1 Å². The first-order chi connectivity index (χ1) is 12.9. The van der Waals surface area contributed by atoms with Crippen LogP contribution in [0.5, 0.6) is 0 Å². The van der Waals surface area contributed by atoms with Crippen molar-refractivity contribution in [2.24, 2.45) is 0 Å². The maximum absolute atomic E-state index is 11.8. The molecule has 0 aromatic heterocycles. The molecular formula is C22H42N3O2+. The van der Waals surface area contributed by atoms with Gasteiger partial charge in [-0.3, -0.25) is 9.59 Å². The Morgan fingerprint density at radius 3 is 1.52 bits per heavy atom. The van der Waals surface area contributed by atoms with E-state index in [1.165, 1.54) is 0 Å². The van der Waals surface area contributed by atoms with Crippen LogP contribution in [0.4, 0.5) is 0 Å². The lowest BCUT2D eigenvalue weighted by atomic mass is 10.2. The van der Waals surface area contributed by atoms with Gasteiger partial charge in [0.05, 0.1) is 40.3 Å². The fraction of sp³-hybridized carbons (Fsp3) is 0.727. The molecule has 0 saturated heterocycles. The van der Waals surface area contributed by atoms with Gasteiger partial charge in [-0.2, -0.15) is 0 Å². The second-order valence-corrected chi connectivity index (χ2v) is 7.71. The van der Waals surface area contributed by atoms with Gasteiger partial charge in [0.25, 0.3) is 0 Å². The molecule has 0 fully saturated rings. The number of carbonyl (C=O) groups is 2. The molecule has 0 radical (unpaired) electrons. The molecular weight excluding hydrogens is 338 g/mol. The predicted molar refractivity (Wildman–Crippen MR) is 114 cm³/mol. The van der Waals surface area contributed by atoms with E-state index in [9.17, 15) is 9.59 Å². The predicted octanol–water partition coefficient (Wildman–Crippen LogP) is 3.57. The normalized spacial score (nSPS) is 12.0. The molecule has 0 aliphatic carbocycles. The molecule has 0 rings (SSSR count). The second kappa shape index (κ2) is 16.5. The Bertz CT molecular complexity index is 416. The van der Waals surface area contributed by atoms with Crippen molar-refractivity contribution >= 4 is 11.8 Å². The average Bonchev–Trinajstić information content (AvgIpc) is 2.61. The monoisotopic (exact) mass is 380 g/mol. The average molecular weight is 381 g/mol. The molecule has 0 aromatic carbocycles. The van der Waals surface area contributed by atoms with Crippen LogP contribution in [0.25, 0.3) is 0 Å². The highest BCUT2D eigenvalue weighted by atomic mass is 16.2. The lowest BCUT2D eigenvalue weighted by Crippen LogP contribution is -2.49. The molecule has 0 atom stereocenters. The molecule has 0 aliphatic heterocycles. The van der Waals surface area contributed by atoms with Crippen LogP contribution in [0, 0.1) is 0 Å². The first kappa shape index (κ1) is 25.4. The van der Waals surface area contributed by atoms with E-state index < -0.39 is 0 Å². The van der Waals surface area contributed by atoms with Gasteiger partial charge in [-0.25, -0.2) is 0 Å². The van der Waals surface area contributed by atoms with E-state index in [1.54, 1.807) is 0 Å². The third-order valence-corrected chi connectivity index (χ3v) is 4.60. The number of nitrogens with zero attached hydrogens (tertiary/aromatic N) is 1. The fourth-order valence-corrected chi connectivity index (χ4v) is 2.71. The van der Waals surface area contributed by atoms with Crippen molar-refractivity contribution in [2.45, 2.75) is 65.2 Å². The Kier molecular flexibility index (Phi) is 15.6. The summed E-state index contributed by atoms with van der Waals surface area (Å²) in [4.78, 5) is 23.7. The van der Waals surface area contributed by atoms with Crippen molar-refractivity contribution in [2.75, 3.05) is 40.3 Å². The molecule has 0 saturated carbocycles. The quantitative estimate of drug-likeness (QED) is 0.244. The maximum atomic E-state index is 11.8. The van der Waals surface area contributed by atoms with Gasteiger partial charge in [-0.1, -0.05) is 24.3 Å². The standard InChI is InChI=1S/C22H41N3O2/c1-5-7-9-11-13-15-21(26)23-17-19-25(3,4)20-18-24-22(27)16-14-12-10-8-6-2/h5-8H,9-20H2,1-4H3,(H-,23,24,26,27)/p+1/b7-5+,8-6+. The van der Waals surface area contributed by atoms with Crippen LogP contribution in [0.1, 0.15) is 65.2 Å². The third kappa shape index (κ3) is 17.5. The molecule has 0 unspecified atom stereocenters. The first-order valence-corrected chi connectivity index (χ1v) is 10.5. The van der Waals surface area contributed by atoms with Crippen LogP contribution in [0.15, 0.2) is 24.3 Å². The number of rotatable bonds is 16. The van der Waals surface area contributed by atoms with Crippen LogP contribution < -0.4 is 10.6 Å².